The summed E-state index contributed by atoms with van der Waals surface area (Å²) in [6.45, 7) is 1.70. The number of benzene rings is 1. The van der Waals surface area contributed by atoms with Crippen molar-refractivity contribution < 1.29 is 10.0 Å². The van der Waals surface area contributed by atoms with E-state index in [1.54, 1.807) is 17.7 Å². The molecule has 0 bridgehead atoms. The maximum absolute atomic E-state index is 12.0. The predicted octanol–water partition coefficient (Wildman–Crippen LogP) is 2.46. The maximum Gasteiger partial charge on any atom is 0.349 e. The zero-order valence-electron chi connectivity index (χ0n) is 19.4. The number of nitrogen functional groups attached to an aromatic ring is 1. The van der Waals surface area contributed by atoms with E-state index in [9.17, 15) is 9.59 Å². The number of rotatable bonds is 13. The van der Waals surface area contributed by atoms with Crippen LogP contribution in [0.25, 0.3) is 11.0 Å². The first-order valence-corrected chi connectivity index (χ1v) is 12.0. The summed E-state index contributed by atoms with van der Waals surface area (Å²) in [5, 5.41) is 8.53. The number of carbonyl (C=O) groups excluding carboxylic acids is 1. The number of nitrogens with two attached hydrogens (primary N) is 1. The van der Waals surface area contributed by atoms with Gasteiger partial charge >= 0.3 is 5.69 Å². The minimum Gasteiger partial charge on any atom is -0.383 e. The number of nitrogens with zero attached hydrogens (tertiary/aromatic N) is 5. The van der Waals surface area contributed by atoms with Crippen LogP contribution in [0.5, 0.6) is 0 Å². The molecule has 0 radical (unpaired) electrons. The molecule has 184 valence electrons. The summed E-state index contributed by atoms with van der Waals surface area (Å²) >= 11 is 6.05. The molecule has 2 aromatic heterocycles. The first kappa shape index (κ1) is 25.5. The molecule has 4 N–H and O–H groups in total. The van der Waals surface area contributed by atoms with Crippen LogP contribution in [-0.2, 0) is 24.8 Å². The lowest BCUT2D eigenvalue weighted by Gasteiger charge is -2.24. The van der Waals surface area contributed by atoms with E-state index in [4.69, 9.17) is 27.5 Å². The number of carbonyl (C=O) groups is 1. The second-order valence-electron chi connectivity index (χ2n) is 8.21. The van der Waals surface area contributed by atoms with Gasteiger partial charge in [-0.25, -0.2) is 15.3 Å². The number of hydrogen-bond donors (Lipinski definition) is 3. The summed E-state index contributed by atoms with van der Waals surface area (Å²) in [6, 6.07) is 7.78. The molecule has 0 aliphatic rings. The fourth-order valence-electron chi connectivity index (χ4n) is 3.95. The number of hydroxylamine groups is 1. The third kappa shape index (κ3) is 6.71. The number of hydrogen-bond acceptors (Lipinski definition) is 7. The number of fused-ring (bicyclic) bond motifs is 1. The minimum absolute atomic E-state index is 0.212. The molecule has 3 aromatic rings. The number of halogens is 1. The van der Waals surface area contributed by atoms with Crippen molar-refractivity contribution in [2.24, 2.45) is 7.05 Å². The molecule has 0 atom stereocenters. The van der Waals surface area contributed by atoms with Crippen molar-refractivity contribution in [3.05, 3.63) is 46.8 Å². The lowest BCUT2D eigenvalue weighted by Crippen LogP contribution is -2.33. The zero-order valence-corrected chi connectivity index (χ0v) is 20.2. The predicted molar refractivity (Wildman–Crippen MR) is 133 cm³/mol. The van der Waals surface area contributed by atoms with Gasteiger partial charge in [0.05, 0.1) is 11.0 Å². The van der Waals surface area contributed by atoms with E-state index in [0.29, 0.717) is 31.9 Å². The largest absolute Gasteiger partial charge is 0.383 e. The molecule has 0 unspecified atom stereocenters. The normalized spacial score (nSPS) is 11.1. The molecule has 1 amide bonds. The smallest absolute Gasteiger partial charge is 0.349 e. The summed E-state index contributed by atoms with van der Waals surface area (Å²) in [4.78, 5) is 33.8. The highest BCUT2D eigenvalue weighted by Gasteiger charge is 2.12. The number of imidazole rings is 1. The van der Waals surface area contributed by atoms with Gasteiger partial charge in [0.15, 0.2) is 0 Å². The Labute approximate surface area is 203 Å². The van der Waals surface area contributed by atoms with E-state index in [1.165, 1.54) is 4.57 Å². The van der Waals surface area contributed by atoms with Crippen molar-refractivity contribution >= 4 is 40.0 Å². The molecule has 1 aromatic carbocycles. The fraction of sp³-hybridized carbons (Fsp3) is 0.478. The topological polar surface area (TPSA) is 131 Å². The fourth-order valence-corrected chi connectivity index (χ4v) is 4.15. The Morgan fingerprint density at radius 2 is 1.97 bits per heavy atom. The number of alkyl halides is 1. The Bertz CT molecular complexity index is 1160. The van der Waals surface area contributed by atoms with Gasteiger partial charge in [0.2, 0.25) is 5.91 Å². The molecule has 0 saturated carbocycles. The Morgan fingerprint density at radius 3 is 2.71 bits per heavy atom. The quantitative estimate of drug-likeness (QED) is 0.145. The molecule has 0 aliphatic heterocycles. The summed E-state index contributed by atoms with van der Waals surface area (Å²) < 4.78 is 3.65. The highest BCUT2D eigenvalue weighted by Crippen LogP contribution is 2.23. The van der Waals surface area contributed by atoms with E-state index in [2.05, 4.69) is 32.7 Å². The molecule has 0 spiro atoms. The Hall–Kier alpha value is -3.11. The van der Waals surface area contributed by atoms with Crippen molar-refractivity contribution in [2.75, 3.05) is 29.6 Å². The summed E-state index contributed by atoms with van der Waals surface area (Å²) in [6.07, 6.45) is 6.51. The van der Waals surface area contributed by atoms with Crippen LogP contribution in [0, 0.1) is 0 Å². The second kappa shape index (κ2) is 12.4. The van der Waals surface area contributed by atoms with Gasteiger partial charge in [-0.2, -0.15) is 4.98 Å². The van der Waals surface area contributed by atoms with Gasteiger partial charge in [-0.05, 0) is 37.1 Å². The maximum atomic E-state index is 12.0. The number of aryl methyl sites for hydroxylation is 2. The Balaban J connectivity index is 1.64. The molecule has 0 fully saturated rings. The van der Waals surface area contributed by atoms with Crippen molar-refractivity contribution in [2.45, 2.75) is 45.1 Å². The first-order chi connectivity index (χ1) is 16.4. The van der Waals surface area contributed by atoms with Crippen LogP contribution in [0.1, 0.15) is 37.9 Å². The van der Waals surface area contributed by atoms with E-state index in [1.807, 2.05) is 7.05 Å². The number of unbranched alkanes of at least 4 members (excludes halogenated alkanes) is 3. The summed E-state index contributed by atoms with van der Waals surface area (Å²) in [7, 11) is 2.02. The van der Waals surface area contributed by atoms with Gasteiger partial charge < -0.3 is 15.2 Å². The second-order valence-corrected chi connectivity index (χ2v) is 8.59. The standard InChI is InChI=1S/C23H32ClN7O3/c1-29-19-9-8-17(30(13-11-24)14-15-31-12-10-20(25)27-23(31)33)16-18(19)26-21(29)6-4-2-3-5-7-22(32)28-34/h8-10,12,16,34H,2-7,11,13-15H2,1H3,(H,28,32)(H2,25,27,33). The number of nitrogens with one attached hydrogen (secondary N) is 1. The average molecular weight is 490 g/mol. The van der Waals surface area contributed by atoms with E-state index in [-0.39, 0.29) is 17.4 Å². The van der Waals surface area contributed by atoms with Crippen LogP contribution < -0.4 is 21.8 Å². The molecular formula is C23H32ClN7O3. The molecule has 2 heterocycles. The molecule has 0 aliphatic carbocycles. The number of aromatic nitrogens is 4. The third-order valence-electron chi connectivity index (χ3n) is 5.86. The molecule has 0 saturated heterocycles. The van der Waals surface area contributed by atoms with Gasteiger partial charge in [-0.3, -0.25) is 14.6 Å². The Kier molecular flexibility index (Phi) is 9.29. The van der Waals surface area contributed by atoms with Crippen LogP contribution in [0.2, 0.25) is 0 Å². The van der Waals surface area contributed by atoms with E-state index < -0.39 is 0 Å². The molecule has 34 heavy (non-hydrogen) atoms. The van der Waals surface area contributed by atoms with Crippen molar-refractivity contribution in [3.63, 3.8) is 0 Å². The van der Waals surface area contributed by atoms with E-state index >= 15 is 0 Å². The van der Waals surface area contributed by atoms with Gasteiger partial charge in [-0.15, -0.1) is 11.6 Å². The van der Waals surface area contributed by atoms with Crippen LogP contribution >= 0.6 is 11.6 Å². The average Bonchev–Trinajstić information content (AvgIpc) is 3.14. The number of amides is 1. The lowest BCUT2D eigenvalue weighted by atomic mass is 10.1. The van der Waals surface area contributed by atoms with Crippen molar-refractivity contribution in [1.82, 2.24) is 24.6 Å². The summed E-state index contributed by atoms with van der Waals surface area (Å²) in [5.74, 6) is 1.35. The summed E-state index contributed by atoms with van der Waals surface area (Å²) in [5.41, 5.74) is 9.84. The molecule has 11 heteroatoms. The number of anilines is 2. The van der Waals surface area contributed by atoms with Gasteiger partial charge in [0.25, 0.3) is 0 Å². The molecular weight excluding hydrogens is 458 g/mol. The van der Waals surface area contributed by atoms with Crippen LogP contribution in [-0.4, -0.2) is 49.2 Å². The molecule has 3 rings (SSSR count). The van der Waals surface area contributed by atoms with Crippen molar-refractivity contribution in [3.8, 4) is 0 Å². The van der Waals surface area contributed by atoms with E-state index in [0.717, 1.165) is 54.6 Å². The van der Waals surface area contributed by atoms with Gasteiger partial charge in [0, 0.05) is 57.3 Å². The van der Waals surface area contributed by atoms with Gasteiger partial charge in [0.1, 0.15) is 11.6 Å². The third-order valence-corrected chi connectivity index (χ3v) is 6.03. The van der Waals surface area contributed by atoms with Crippen LogP contribution in [0.15, 0.2) is 35.3 Å². The minimum atomic E-state index is -0.368. The monoisotopic (exact) mass is 489 g/mol. The zero-order chi connectivity index (χ0) is 24.5. The van der Waals surface area contributed by atoms with Crippen LogP contribution in [0.4, 0.5) is 11.5 Å². The lowest BCUT2D eigenvalue weighted by molar-refractivity contribution is -0.129. The Morgan fingerprint density at radius 1 is 1.18 bits per heavy atom. The van der Waals surface area contributed by atoms with Crippen molar-refractivity contribution in [1.29, 1.82) is 0 Å². The molecule has 10 nitrogen and oxygen atoms in total. The van der Waals surface area contributed by atoms with Crippen LogP contribution in [0.3, 0.4) is 0 Å². The highest BCUT2D eigenvalue weighted by atomic mass is 35.5. The van der Waals surface area contributed by atoms with Gasteiger partial charge in [-0.1, -0.05) is 12.8 Å². The SMILES string of the molecule is Cn1c(CCCCCCC(=O)NO)nc2cc(N(CCCl)CCn3ccc(N)nc3=O)ccc21. The highest BCUT2D eigenvalue weighted by molar-refractivity contribution is 6.18. The first-order valence-electron chi connectivity index (χ1n) is 11.4.